The summed E-state index contributed by atoms with van der Waals surface area (Å²) in [7, 11) is -4.52. The summed E-state index contributed by atoms with van der Waals surface area (Å²) in [5.74, 6) is 0. The minimum absolute atomic E-state index is 0.283. The van der Waals surface area contributed by atoms with Crippen LogP contribution < -0.4 is 5.26 Å². The number of hydrogen-bond donors (Lipinski definition) is 0. The predicted octanol–water partition coefficient (Wildman–Crippen LogP) is 0.130. The molecule has 8 heteroatoms. The molecule has 0 aliphatic carbocycles. The van der Waals surface area contributed by atoms with Gasteiger partial charge in [-0.1, -0.05) is 6.07 Å². The second-order valence-electron chi connectivity index (χ2n) is 2.60. The maximum absolute atomic E-state index is 10.8. The largest absolute Gasteiger partial charge is 0.744 e. The van der Waals surface area contributed by atoms with Crippen LogP contribution in [0, 0.1) is 6.92 Å². The van der Waals surface area contributed by atoms with E-state index >= 15 is 0 Å². The van der Waals surface area contributed by atoms with E-state index in [1.165, 1.54) is 19.1 Å². The van der Waals surface area contributed by atoms with Gasteiger partial charge >= 0.3 is 0 Å². The zero-order valence-corrected chi connectivity index (χ0v) is 9.13. The first-order chi connectivity index (χ1) is 6.95. The molecular weight excluding hydrogens is 244 g/mol. The van der Waals surface area contributed by atoms with Gasteiger partial charge < -0.3 is 9.81 Å². The van der Waals surface area contributed by atoms with Gasteiger partial charge in [0.05, 0.1) is 16.9 Å². The maximum Gasteiger partial charge on any atom is 0.124 e. The predicted molar refractivity (Wildman–Crippen MR) is 47.2 cm³/mol. The number of aryl methyl sites for hydroxylation is 1. The average molecular weight is 250 g/mol. The Morgan fingerprint density at radius 2 is 2.07 bits per heavy atom. The van der Waals surface area contributed by atoms with Crippen molar-refractivity contribution in [2.45, 2.75) is 16.7 Å². The summed E-state index contributed by atoms with van der Waals surface area (Å²) >= 11 is 0.521. The van der Waals surface area contributed by atoms with E-state index in [4.69, 9.17) is 0 Å². The van der Waals surface area contributed by atoms with E-state index in [9.17, 15) is 18.2 Å². The summed E-state index contributed by atoms with van der Waals surface area (Å²) in [6.07, 6.45) is 0. The molecule has 0 aliphatic heterocycles. The second kappa shape index (κ2) is 4.92. The summed E-state index contributed by atoms with van der Waals surface area (Å²) in [6, 6.07) is 4.04. The highest BCUT2D eigenvalue weighted by Crippen LogP contribution is 2.24. The van der Waals surface area contributed by atoms with Gasteiger partial charge in [0.2, 0.25) is 0 Å². The Balaban J connectivity index is 3.06. The minimum Gasteiger partial charge on any atom is -0.744 e. The Labute approximate surface area is 90.6 Å². The number of benzene rings is 1. The lowest BCUT2D eigenvalue weighted by atomic mass is 10.2. The zero-order chi connectivity index (χ0) is 11.5. The molecule has 0 bridgehead atoms. The summed E-state index contributed by atoms with van der Waals surface area (Å²) in [6.45, 7) is 1.49. The third-order valence-electron chi connectivity index (χ3n) is 1.59. The van der Waals surface area contributed by atoms with E-state index in [1.807, 2.05) is 0 Å². The normalized spacial score (nSPS) is 11.7. The fourth-order valence-corrected chi connectivity index (χ4v) is 2.16. The topological polar surface area (TPSA) is 98.7 Å². The van der Waals surface area contributed by atoms with Gasteiger partial charge in [0, 0.05) is 4.90 Å². The number of rotatable bonds is 4. The zero-order valence-electron chi connectivity index (χ0n) is 7.50. The van der Waals surface area contributed by atoms with Crippen molar-refractivity contribution in [1.82, 2.24) is 0 Å². The van der Waals surface area contributed by atoms with Crippen molar-refractivity contribution < 1.29 is 27.6 Å². The Morgan fingerprint density at radius 3 is 2.60 bits per heavy atom. The van der Waals surface area contributed by atoms with Gasteiger partial charge in [0.25, 0.3) is 0 Å². The molecule has 0 saturated carbocycles. The molecular formula is C7H6O6S2-2. The van der Waals surface area contributed by atoms with Gasteiger partial charge in [-0.2, -0.15) is 4.33 Å². The van der Waals surface area contributed by atoms with Crippen LogP contribution >= 0.6 is 12.0 Å². The van der Waals surface area contributed by atoms with Crippen LogP contribution in [0.4, 0.5) is 0 Å². The third kappa shape index (κ3) is 3.45. The van der Waals surface area contributed by atoms with E-state index in [0.717, 1.165) is 6.07 Å². The molecule has 0 fully saturated rings. The van der Waals surface area contributed by atoms with Crippen molar-refractivity contribution in [2.75, 3.05) is 0 Å². The van der Waals surface area contributed by atoms with Crippen molar-refractivity contribution in [3.63, 3.8) is 0 Å². The first-order valence-electron chi connectivity index (χ1n) is 3.65. The van der Waals surface area contributed by atoms with Crippen LogP contribution in [0.3, 0.4) is 0 Å². The SMILES string of the molecule is Cc1ccc(SOO[O-])cc1S(=O)(=O)[O-]. The van der Waals surface area contributed by atoms with Gasteiger partial charge in [-0.05, 0) is 24.6 Å². The lowest BCUT2D eigenvalue weighted by molar-refractivity contribution is -0.777. The lowest BCUT2D eigenvalue weighted by Gasteiger charge is -2.11. The van der Waals surface area contributed by atoms with Crippen LogP contribution in [-0.4, -0.2) is 13.0 Å². The fourth-order valence-electron chi connectivity index (χ4n) is 0.955. The molecule has 0 saturated heterocycles. The Morgan fingerprint density at radius 1 is 1.40 bits per heavy atom. The van der Waals surface area contributed by atoms with Crippen LogP contribution in [0.25, 0.3) is 0 Å². The van der Waals surface area contributed by atoms with E-state index < -0.39 is 10.1 Å². The van der Waals surface area contributed by atoms with Crippen LogP contribution in [0.15, 0.2) is 28.0 Å². The highest BCUT2D eigenvalue weighted by Gasteiger charge is 2.07. The summed E-state index contributed by atoms with van der Waals surface area (Å²) < 4.78 is 36.3. The van der Waals surface area contributed by atoms with Crippen LogP contribution in [0.1, 0.15) is 5.56 Å². The summed E-state index contributed by atoms with van der Waals surface area (Å²) in [4.78, 5) is -0.0622. The molecule has 1 aromatic rings. The molecule has 0 aromatic heterocycles. The highest BCUT2D eigenvalue weighted by molar-refractivity contribution is 7.94. The Kier molecular flexibility index (Phi) is 4.08. The van der Waals surface area contributed by atoms with Crippen LogP contribution in [0.5, 0.6) is 0 Å². The molecule has 0 radical (unpaired) electrons. The van der Waals surface area contributed by atoms with E-state index in [2.05, 4.69) is 9.37 Å². The molecule has 0 N–H and O–H groups in total. The van der Waals surface area contributed by atoms with Crippen molar-refractivity contribution in [3.05, 3.63) is 23.8 Å². The molecule has 0 spiro atoms. The first kappa shape index (κ1) is 12.4. The van der Waals surface area contributed by atoms with Gasteiger partial charge in [-0.15, -0.1) is 0 Å². The molecule has 0 atom stereocenters. The van der Waals surface area contributed by atoms with Gasteiger partial charge in [-0.3, -0.25) is 5.04 Å². The average Bonchev–Trinajstić information content (AvgIpc) is 2.15. The number of hydrogen-bond acceptors (Lipinski definition) is 7. The molecule has 0 heterocycles. The molecule has 6 nitrogen and oxygen atoms in total. The van der Waals surface area contributed by atoms with E-state index in [0.29, 0.717) is 17.6 Å². The van der Waals surface area contributed by atoms with Gasteiger partial charge in [0.15, 0.2) is 0 Å². The molecule has 1 aromatic carbocycles. The molecule has 0 unspecified atom stereocenters. The second-order valence-corrected chi connectivity index (χ2v) is 4.72. The molecule has 15 heavy (non-hydrogen) atoms. The van der Waals surface area contributed by atoms with Crippen LogP contribution in [-0.2, 0) is 19.5 Å². The molecule has 84 valence electrons. The van der Waals surface area contributed by atoms with Gasteiger partial charge in [0.1, 0.15) is 10.1 Å². The first-order valence-corrected chi connectivity index (χ1v) is 5.80. The molecule has 0 amide bonds. The van der Waals surface area contributed by atoms with Gasteiger partial charge in [-0.25, -0.2) is 8.42 Å². The van der Waals surface area contributed by atoms with Crippen molar-refractivity contribution in [3.8, 4) is 0 Å². The molecule has 1 rings (SSSR count). The van der Waals surface area contributed by atoms with Crippen molar-refractivity contribution in [1.29, 1.82) is 0 Å². The molecule has 0 aliphatic rings. The van der Waals surface area contributed by atoms with E-state index in [1.54, 1.807) is 0 Å². The summed E-state index contributed by atoms with van der Waals surface area (Å²) in [5, 5.41) is 12.6. The standard InChI is InChI=1S/C7H8O6S2/c1-5-2-3-6(14-13-12-8)4-7(5)15(9,10)11/h2-4,8H,1H3,(H,9,10,11)/p-2. The third-order valence-corrected chi connectivity index (χ3v) is 3.14. The maximum atomic E-state index is 10.8. The quantitative estimate of drug-likeness (QED) is 0.324. The highest BCUT2D eigenvalue weighted by atomic mass is 32.2. The Hall–Kier alpha value is -0.640. The Bertz CT molecular complexity index is 441. The summed E-state index contributed by atoms with van der Waals surface area (Å²) in [5.41, 5.74) is 0.331. The monoisotopic (exact) mass is 250 g/mol. The fraction of sp³-hybridized carbons (Fsp3) is 0.143. The van der Waals surface area contributed by atoms with Crippen molar-refractivity contribution in [2.24, 2.45) is 0 Å². The van der Waals surface area contributed by atoms with E-state index in [-0.39, 0.29) is 9.79 Å². The lowest BCUT2D eigenvalue weighted by Crippen LogP contribution is -2.03. The van der Waals surface area contributed by atoms with Crippen LogP contribution in [0.2, 0.25) is 0 Å². The minimum atomic E-state index is -4.52. The van der Waals surface area contributed by atoms with Crippen molar-refractivity contribution >= 4 is 22.2 Å². The smallest absolute Gasteiger partial charge is 0.124 e.